The maximum absolute atomic E-state index is 13.5. The van der Waals surface area contributed by atoms with Crippen molar-refractivity contribution in [2.24, 2.45) is 0 Å². The lowest BCUT2D eigenvalue weighted by atomic mass is 10.1. The summed E-state index contributed by atoms with van der Waals surface area (Å²) in [7, 11) is 0. The van der Waals surface area contributed by atoms with Gasteiger partial charge >= 0.3 is 0 Å². The van der Waals surface area contributed by atoms with Crippen LogP contribution in [0.5, 0.6) is 0 Å². The Morgan fingerprint density at radius 1 is 1.30 bits per heavy atom. The summed E-state index contributed by atoms with van der Waals surface area (Å²) >= 11 is 0. The fraction of sp³-hybridized carbons (Fsp3) is 0.467. The molecular formula is C15H20FN3O. The molecule has 0 aromatic carbocycles. The number of nitrogens with zero attached hydrogens (tertiary/aromatic N) is 3. The summed E-state index contributed by atoms with van der Waals surface area (Å²) in [6.07, 6.45) is 4.70. The lowest BCUT2D eigenvalue weighted by Crippen LogP contribution is -2.10. The third-order valence-electron chi connectivity index (χ3n) is 3.49. The molecule has 1 atom stereocenters. The van der Waals surface area contributed by atoms with E-state index in [1.165, 1.54) is 18.3 Å². The highest BCUT2D eigenvalue weighted by Gasteiger charge is 2.16. The van der Waals surface area contributed by atoms with Gasteiger partial charge in [-0.25, -0.2) is 4.39 Å². The lowest BCUT2D eigenvalue weighted by molar-refractivity contribution is 0.166. The van der Waals surface area contributed by atoms with Gasteiger partial charge in [0.15, 0.2) is 0 Å². The van der Waals surface area contributed by atoms with Gasteiger partial charge in [0, 0.05) is 18.8 Å². The molecule has 0 aliphatic heterocycles. The van der Waals surface area contributed by atoms with Crippen LogP contribution in [0.1, 0.15) is 50.2 Å². The van der Waals surface area contributed by atoms with E-state index in [1.54, 1.807) is 0 Å². The van der Waals surface area contributed by atoms with Crippen LogP contribution in [0, 0.1) is 5.82 Å². The van der Waals surface area contributed by atoms with E-state index in [0.717, 1.165) is 18.5 Å². The van der Waals surface area contributed by atoms with Gasteiger partial charge in [-0.1, -0.05) is 13.8 Å². The maximum Gasteiger partial charge on any atom is 0.147 e. The summed E-state index contributed by atoms with van der Waals surface area (Å²) in [6.45, 7) is 4.24. The Hall–Kier alpha value is -1.75. The van der Waals surface area contributed by atoms with Crippen LogP contribution in [0.25, 0.3) is 0 Å². The van der Waals surface area contributed by atoms with E-state index in [0.29, 0.717) is 6.04 Å². The maximum atomic E-state index is 13.5. The van der Waals surface area contributed by atoms with Crippen LogP contribution in [0.2, 0.25) is 0 Å². The molecule has 20 heavy (non-hydrogen) atoms. The normalized spacial score (nSPS) is 12.8. The van der Waals surface area contributed by atoms with Gasteiger partial charge in [-0.2, -0.15) is 5.10 Å². The van der Waals surface area contributed by atoms with Gasteiger partial charge in [0.25, 0.3) is 0 Å². The van der Waals surface area contributed by atoms with Crippen LogP contribution < -0.4 is 0 Å². The molecule has 0 spiro atoms. The second-order valence-electron chi connectivity index (χ2n) is 4.85. The van der Waals surface area contributed by atoms with Gasteiger partial charge in [-0.05, 0) is 31.0 Å². The highest BCUT2D eigenvalue weighted by molar-refractivity contribution is 5.13. The van der Waals surface area contributed by atoms with Crippen molar-refractivity contribution in [1.29, 1.82) is 0 Å². The van der Waals surface area contributed by atoms with Crippen molar-refractivity contribution in [3.63, 3.8) is 0 Å². The summed E-state index contributed by atoms with van der Waals surface area (Å²) in [6, 6.07) is 5.04. The van der Waals surface area contributed by atoms with Gasteiger partial charge in [-0.3, -0.25) is 9.67 Å². The highest BCUT2D eigenvalue weighted by Crippen LogP contribution is 2.20. The molecule has 0 radical (unpaired) electrons. The van der Waals surface area contributed by atoms with E-state index in [4.69, 9.17) is 0 Å². The molecular weight excluding hydrogens is 257 g/mol. The molecule has 0 amide bonds. The zero-order valence-corrected chi connectivity index (χ0v) is 11.8. The smallest absolute Gasteiger partial charge is 0.147 e. The van der Waals surface area contributed by atoms with Crippen LogP contribution in [-0.2, 0) is 6.42 Å². The average Bonchev–Trinajstić information content (AvgIpc) is 2.89. The van der Waals surface area contributed by atoms with Gasteiger partial charge < -0.3 is 5.11 Å². The Morgan fingerprint density at radius 3 is 2.70 bits per heavy atom. The highest BCUT2D eigenvalue weighted by atomic mass is 19.1. The lowest BCUT2D eigenvalue weighted by Gasteiger charge is -2.13. The molecule has 2 rings (SSSR count). The molecule has 1 unspecified atom stereocenters. The minimum absolute atomic E-state index is 0.0737. The van der Waals surface area contributed by atoms with Crippen molar-refractivity contribution in [3.8, 4) is 0 Å². The van der Waals surface area contributed by atoms with Crippen LogP contribution >= 0.6 is 0 Å². The van der Waals surface area contributed by atoms with Crippen molar-refractivity contribution < 1.29 is 9.50 Å². The molecule has 0 bridgehead atoms. The number of aliphatic hydroxyl groups is 1. The Kier molecular flexibility index (Phi) is 4.84. The zero-order valence-electron chi connectivity index (χ0n) is 11.8. The third kappa shape index (κ3) is 3.22. The van der Waals surface area contributed by atoms with E-state index in [-0.39, 0.29) is 12.1 Å². The second-order valence-corrected chi connectivity index (χ2v) is 4.85. The molecule has 5 heteroatoms. The van der Waals surface area contributed by atoms with Gasteiger partial charge in [0.2, 0.25) is 0 Å². The van der Waals surface area contributed by atoms with Crippen LogP contribution in [0.3, 0.4) is 0 Å². The van der Waals surface area contributed by atoms with E-state index >= 15 is 0 Å². The first-order chi connectivity index (χ1) is 9.65. The topological polar surface area (TPSA) is 50.9 Å². The Labute approximate surface area is 118 Å². The van der Waals surface area contributed by atoms with E-state index in [2.05, 4.69) is 23.9 Å². The monoisotopic (exact) mass is 277 g/mol. The molecule has 4 nitrogen and oxygen atoms in total. The van der Waals surface area contributed by atoms with Crippen molar-refractivity contribution in [3.05, 3.63) is 47.8 Å². The van der Waals surface area contributed by atoms with Crippen molar-refractivity contribution in [2.75, 3.05) is 0 Å². The first kappa shape index (κ1) is 14.7. The number of rotatable bonds is 6. The third-order valence-corrected chi connectivity index (χ3v) is 3.49. The second kappa shape index (κ2) is 6.61. The number of hydrogen-bond donors (Lipinski definition) is 1. The molecule has 0 aliphatic rings. The predicted molar refractivity (Wildman–Crippen MR) is 74.7 cm³/mol. The van der Waals surface area contributed by atoms with E-state index in [1.807, 2.05) is 16.9 Å². The summed E-state index contributed by atoms with van der Waals surface area (Å²) in [5.41, 5.74) is 0.819. The fourth-order valence-electron chi connectivity index (χ4n) is 2.29. The first-order valence-electron chi connectivity index (χ1n) is 6.98. The van der Waals surface area contributed by atoms with Crippen LogP contribution in [0.4, 0.5) is 4.39 Å². The quantitative estimate of drug-likeness (QED) is 0.883. The summed E-state index contributed by atoms with van der Waals surface area (Å²) in [5.74, 6) is -0.487. The van der Waals surface area contributed by atoms with Gasteiger partial charge in [0.05, 0.1) is 11.7 Å². The molecule has 2 heterocycles. The summed E-state index contributed by atoms with van der Waals surface area (Å²) in [4.78, 5) is 3.89. The minimum Gasteiger partial charge on any atom is -0.386 e. The van der Waals surface area contributed by atoms with Crippen molar-refractivity contribution in [2.45, 2.75) is 45.3 Å². The molecule has 0 fully saturated rings. The number of hydrogen-bond acceptors (Lipinski definition) is 3. The molecule has 0 saturated carbocycles. The zero-order chi connectivity index (χ0) is 14.5. The largest absolute Gasteiger partial charge is 0.386 e. The van der Waals surface area contributed by atoms with E-state index < -0.39 is 11.9 Å². The number of halogens is 1. The number of pyridine rings is 1. The first-order valence-corrected chi connectivity index (χ1v) is 6.98. The van der Waals surface area contributed by atoms with Crippen LogP contribution in [-0.4, -0.2) is 19.9 Å². The number of aromatic nitrogens is 3. The summed E-state index contributed by atoms with van der Waals surface area (Å²) in [5, 5.41) is 14.5. The standard InChI is InChI=1S/C15H20FN3O/c1-3-12(4-2)19-9-7-11(18-19)10-14(20)15-13(16)6-5-8-17-15/h5-9,12,14,20H,3-4,10H2,1-2H3. The Morgan fingerprint density at radius 2 is 2.05 bits per heavy atom. The van der Waals surface area contributed by atoms with Crippen molar-refractivity contribution >= 4 is 0 Å². The predicted octanol–water partition coefficient (Wildman–Crippen LogP) is 3.05. The SMILES string of the molecule is CCC(CC)n1ccc(CC(O)c2ncccc2F)n1. The fourth-order valence-corrected chi connectivity index (χ4v) is 2.29. The molecule has 0 saturated heterocycles. The number of aliphatic hydroxyl groups excluding tert-OH is 1. The molecule has 0 aliphatic carbocycles. The van der Waals surface area contributed by atoms with E-state index in [9.17, 15) is 9.50 Å². The Bertz CT molecular complexity index is 552. The minimum atomic E-state index is -0.971. The molecule has 108 valence electrons. The molecule has 1 N–H and O–H groups in total. The van der Waals surface area contributed by atoms with Crippen LogP contribution in [0.15, 0.2) is 30.6 Å². The Balaban J connectivity index is 2.09. The average molecular weight is 277 g/mol. The molecule has 2 aromatic heterocycles. The summed E-state index contributed by atoms with van der Waals surface area (Å²) < 4.78 is 15.5. The van der Waals surface area contributed by atoms with Crippen molar-refractivity contribution in [1.82, 2.24) is 14.8 Å². The molecule has 2 aromatic rings. The van der Waals surface area contributed by atoms with Gasteiger partial charge in [0.1, 0.15) is 17.6 Å². The van der Waals surface area contributed by atoms with Gasteiger partial charge in [-0.15, -0.1) is 0 Å².